The second kappa shape index (κ2) is 13.0. The number of alkyl carbamates (subject to hydrolysis) is 1. The van der Waals surface area contributed by atoms with E-state index in [1.165, 1.54) is 6.08 Å². The first-order valence-corrected chi connectivity index (χ1v) is 12.6. The number of hydrogen-bond donors (Lipinski definition) is 3. The number of hydrogen-bond acceptors (Lipinski definition) is 7. The fourth-order valence-corrected chi connectivity index (χ4v) is 4.79. The number of aliphatic hydroxyl groups excluding tert-OH is 2. The average Bonchev–Trinajstić information content (AvgIpc) is 3.37. The molecule has 0 bridgehead atoms. The third-order valence-electron chi connectivity index (χ3n) is 6.78. The largest absolute Gasteiger partial charge is 0.445 e. The zero-order valence-corrected chi connectivity index (χ0v) is 20.6. The molecule has 2 aromatic rings. The summed E-state index contributed by atoms with van der Waals surface area (Å²) in [6.07, 6.45) is 3.08. The van der Waals surface area contributed by atoms with Gasteiger partial charge in [0.2, 0.25) is 0 Å². The van der Waals surface area contributed by atoms with Crippen LogP contribution in [0.25, 0.3) is 0 Å². The molecule has 3 N–H and O–H groups in total. The average molecular weight is 497 g/mol. The number of carbonyl (C=O) groups is 1. The number of ether oxygens (including phenoxy) is 3. The minimum absolute atomic E-state index is 0.00482. The fourth-order valence-electron chi connectivity index (χ4n) is 4.79. The first-order chi connectivity index (χ1) is 17.6. The van der Waals surface area contributed by atoms with E-state index in [9.17, 15) is 15.0 Å². The molecule has 2 aliphatic heterocycles. The van der Waals surface area contributed by atoms with Crippen LogP contribution in [0.5, 0.6) is 0 Å². The molecule has 194 valence electrons. The highest BCUT2D eigenvalue weighted by Gasteiger charge is 2.35. The van der Waals surface area contributed by atoms with Gasteiger partial charge in [-0.1, -0.05) is 61.2 Å². The van der Waals surface area contributed by atoms with E-state index in [1.54, 1.807) is 0 Å². The van der Waals surface area contributed by atoms with Crippen LogP contribution in [0.3, 0.4) is 0 Å². The predicted octanol–water partition coefficient (Wildman–Crippen LogP) is 3.59. The molecule has 2 fully saturated rings. The molecule has 4 atom stereocenters. The molecule has 8 nitrogen and oxygen atoms in total. The maximum atomic E-state index is 11.7. The molecular formula is C28H36N2O6. The van der Waals surface area contributed by atoms with Gasteiger partial charge in [-0.15, -0.1) is 0 Å². The van der Waals surface area contributed by atoms with Gasteiger partial charge in [-0.3, -0.25) is 4.90 Å². The molecular weight excluding hydrogens is 460 g/mol. The highest BCUT2D eigenvalue weighted by atomic mass is 16.7. The van der Waals surface area contributed by atoms with Crippen molar-refractivity contribution in [2.45, 2.75) is 57.0 Å². The molecule has 0 radical (unpaired) electrons. The summed E-state index contributed by atoms with van der Waals surface area (Å²) in [5.41, 5.74) is 3.74. The monoisotopic (exact) mass is 496 g/mol. The van der Waals surface area contributed by atoms with Crippen molar-refractivity contribution in [3.05, 3.63) is 83.4 Å². The summed E-state index contributed by atoms with van der Waals surface area (Å²) in [4.78, 5) is 14.0. The highest BCUT2D eigenvalue weighted by molar-refractivity contribution is 5.67. The molecule has 2 aliphatic rings. The van der Waals surface area contributed by atoms with Gasteiger partial charge in [0.25, 0.3) is 0 Å². The molecule has 4 unspecified atom stereocenters. The number of nitrogens with zero attached hydrogens (tertiary/aromatic N) is 1. The summed E-state index contributed by atoms with van der Waals surface area (Å²) in [5.74, 6) is 0. The zero-order chi connectivity index (χ0) is 25.3. The topological polar surface area (TPSA) is 100 Å². The second-order valence-electron chi connectivity index (χ2n) is 9.31. The Morgan fingerprint density at radius 2 is 1.81 bits per heavy atom. The molecule has 0 aromatic heterocycles. The van der Waals surface area contributed by atoms with Crippen LogP contribution in [0, 0.1) is 0 Å². The Kier molecular flexibility index (Phi) is 9.49. The molecule has 1 amide bonds. The summed E-state index contributed by atoms with van der Waals surface area (Å²) in [6, 6.07) is 15.8. The van der Waals surface area contributed by atoms with Gasteiger partial charge in [-0.05, 0) is 36.1 Å². The Bertz CT molecular complexity index is 981. The lowest BCUT2D eigenvalue weighted by Gasteiger charge is -2.38. The lowest BCUT2D eigenvalue weighted by molar-refractivity contribution is -0.253. The minimum Gasteiger partial charge on any atom is -0.445 e. The molecule has 4 rings (SSSR count). The first kappa shape index (κ1) is 26.3. The van der Waals surface area contributed by atoms with E-state index >= 15 is 0 Å². The number of likely N-dealkylation sites (tertiary alicyclic amines) is 1. The van der Waals surface area contributed by atoms with E-state index in [1.807, 2.05) is 48.5 Å². The van der Waals surface area contributed by atoms with Crippen LogP contribution in [-0.4, -0.2) is 59.7 Å². The second-order valence-corrected chi connectivity index (χ2v) is 9.31. The van der Waals surface area contributed by atoms with E-state index in [2.05, 4.69) is 16.8 Å². The van der Waals surface area contributed by atoms with Crippen molar-refractivity contribution in [2.75, 3.05) is 26.3 Å². The van der Waals surface area contributed by atoms with Crippen LogP contribution < -0.4 is 5.32 Å². The Morgan fingerprint density at radius 1 is 1.08 bits per heavy atom. The standard InChI is InChI=1S/C28H36N2O6/c1-2-14-34-28(33)29-16-20-5-11-23(12-6-20)27-35-25(17-30-13-3-4-24(30)19-32)15-26(36-27)22-9-7-21(18-31)8-10-22/h2,5-12,24-27,31-32H,1,3-4,13-19H2,(H,29,33). The number of rotatable bonds is 10. The highest BCUT2D eigenvalue weighted by Crippen LogP contribution is 2.38. The van der Waals surface area contributed by atoms with Crippen molar-refractivity contribution in [3.63, 3.8) is 0 Å². The van der Waals surface area contributed by atoms with Crippen molar-refractivity contribution in [1.29, 1.82) is 0 Å². The van der Waals surface area contributed by atoms with Gasteiger partial charge in [0.1, 0.15) is 6.61 Å². The molecule has 8 heteroatoms. The van der Waals surface area contributed by atoms with Crippen LogP contribution in [0.1, 0.15) is 53.9 Å². The minimum atomic E-state index is -0.541. The van der Waals surface area contributed by atoms with E-state index in [-0.39, 0.29) is 38.1 Å². The number of nitrogens with one attached hydrogen (secondary N) is 1. The molecule has 0 spiro atoms. The summed E-state index contributed by atoms with van der Waals surface area (Å²) >= 11 is 0. The molecule has 0 saturated carbocycles. The molecule has 2 heterocycles. The Labute approximate surface area is 212 Å². The van der Waals surface area contributed by atoms with Crippen molar-refractivity contribution in [1.82, 2.24) is 10.2 Å². The summed E-state index contributed by atoms with van der Waals surface area (Å²) in [5, 5.41) is 21.9. The van der Waals surface area contributed by atoms with Crippen LogP contribution in [0.2, 0.25) is 0 Å². The summed E-state index contributed by atoms with van der Waals surface area (Å²) < 4.78 is 17.8. The predicted molar refractivity (Wildman–Crippen MR) is 135 cm³/mol. The smallest absolute Gasteiger partial charge is 0.407 e. The molecule has 2 saturated heterocycles. The molecule has 36 heavy (non-hydrogen) atoms. The lowest BCUT2D eigenvalue weighted by atomic mass is 9.99. The van der Waals surface area contributed by atoms with Crippen molar-refractivity contribution in [2.24, 2.45) is 0 Å². The third kappa shape index (κ3) is 6.93. The Morgan fingerprint density at radius 3 is 2.50 bits per heavy atom. The van der Waals surface area contributed by atoms with Crippen molar-refractivity contribution < 1.29 is 29.2 Å². The Balaban J connectivity index is 1.45. The van der Waals surface area contributed by atoms with E-state index in [0.29, 0.717) is 13.0 Å². The van der Waals surface area contributed by atoms with E-state index < -0.39 is 12.4 Å². The number of aliphatic hydroxyl groups is 2. The van der Waals surface area contributed by atoms with Gasteiger partial charge >= 0.3 is 6.09 Å². The molecule has 2 aromatic carbocycles. The lowest BCUT2D eigenvalue weighted by Crippen LogP contribution is -2.42. The van der Waals surface area contributed by atoms with Gasteiger partial charge in [0.15, 0.2) is 6.29 Å². The number of carbonyl (C=O) groups excluding carboxylic acids is 1. The van der Waals surface area contributed by atoms with Crippen LogP contribution in [0.15, 0.2) is 61.2 Å². The van der Waals surface area contributed by atoms with Crippen LogP contribution >= 0.6 is 0 Å². The summed E-state index contributed by atoms with van der Waals surface area (Å²) in [7, 11) is 0. The fraction of sp³-hybridized carbons (Fsp3) is 0.464. The third-order valence-corrected chi connectivity index (χ3v) is 6.78. The van der Waals surface area contributed by atoms with Gasteiger partial charge in [0.05, 0.1) is 25.4 Å². The van der Waals surface area contributed by atoms with Gasteiger partial charge < -0.3 is 29.7 Å². The SMILES string of the molecule is C=CCOC(=O)NCc1ccc(C2OC(CN3CCCC3CO)CC(c3ccc(CO)cc3)O2)cc1. The normalized spacial score (nSPS) is 24.4. The van der Waals surface area contributed by atoms with E-state index in [0.717, 1.165) is 48.2 Å². The maximum absolute atomic E-state index is 11.7. The van der Waals surface area contributed by atoms with Crippen molar-refractivity contribution in [3.8, 4) is 0 Å². The first-order valence-electron chi connectivity index (χ1n) is 12.6. The maximum Gasteiger partial charge on any atom is 0.407 e. The summed E-state index contributed by atoms with van der Waals surface area (Å²) in [6.45, 7) is 5.92. The van der Waals surface area contributed by atoms with E-state index in [4.69, 9.17) is 14.2 Å². The van der Waals surface area contributed by atoms with Crippen LogP contribution in [-0.2, 0) is 27.4 Å². The zero-order valence-electron chi connectivity index (χ0n) is 20.6. The van der Waals surface area contributed by atoms with Crippen molar-refractivity contribution >= 4 is 6.09 Å². The van der Waals surface area contributed by atoms with Gasteiger partial charge in [-0.25, -0.2) is 4.79 Å². The quantitative estimate of drug-likeness (QED) is 0.432. The van der Waals surface area contributed by atoms with Crippen LogP contribution in [0.4, 0.5) is 4.79 Å². The number of amides is 1. The van der Waals surface area contributed by atoms with Gasteiger partial charge in [-0.2, -0.15) is 0 Å². The Hall–Kier alpha value is -2.75. The molecule has 0 aliphatic carbocycles. The number of benzene rings is 2. The van der Waals surface area contributed by atoms with Gasteiger partial charge in [0, 0.05) is 31.1 Å².